The first-order valence-electron chi connectivity index (χ1n) is 7.22. The molecule has 2 aromatic heterocycles. The molecule has 1 fully saturated rings. The summed E-state index contributed by atoms with van der Waals surface area (Å²) < 4.78 is 1.89. The number of nitrogens with zero attached hydrogens (tertiary/aromatic N) is 5. The fourth-order valence-corrected chi connectivity index (χ4v) is 2.48. The number of hydrogen-bond acceptors (Lipinski definition) is 4. The third-order valence-electron chi connectivity index (χ3n) is 3.84. The highest BCUT2D eigenvalue weighted by molar-refractivity contribution is 5.92. The quantitative estimate of drug-likeness (QED) is 0.861. The molecular weight excluding hydrogens is 266 g/mol. The van der Waals surface area contributed by atoms with Gasteiger partial charge in [-0.15, -0.1) is 0 Å². The van der Waals surface area contributed by atoms with Crippen LogP contribution in [0.15, 0.2) is 24.5 Å². The zero-order valence-electron chi connectivity index (χ0n) is 12.4. The van der Waals surface area contributed by atoms with E-state index in [-0.39, 0.29) is 5.91 Å². The first-order chi connectivity index (χ1) is 10.1. The summed E-state index contributed by atoms with van der Waals surface area (Å²) in [4.78, 5) is 22.6. The lowest BCUT2D eigenvalue weighted by atomic mass is 9.93. The van der Waals surface area contributed by atoms with Crippen molar-refractivity contribution >= 4 is 5.91 Å². The Labute approximate surface area is 123 Å². The van der Waals surface area contributed by atoms with E-state index in [1.165, 1.54) is 6.42 Å². The van der Waals surface area contributed by atoms with Crippen LogP contribution < -0.4 is 0 Å². The Balaban J connectivity index is 1.78. The van der Waals surface area contributed by atoms with Crippen LogP contribution in [0, 0.1) is 6.92 Å². The highest BCUT2D eigenvalue weighted by Gasteiger charge is 2.27. The fraction of sp³-hybridized carbons (Fsp3) is 0.467. The van der Waals surface area contributed by atoms with Gasteiger partial charge in [-0.1, -0.05) is 0 Å². The average molecular weight is 285 g/mol. The summed E-state index contributed by atoms with van der Waals surface area (Å²) in [5.41, 5.74) is 1.55. The maximum atomic E-state index is 12.6. The van der Waals surface area contributed by atoms with Gasteiger partial charge < -0.3 is 4.90 Å². The molecule has 3 rings (SSSR count). The highest BCUT2D eigenvalue weighted by Crippen LogP contribution is 2.32. The summed E-state index contributed by atoms with van der Waals surface area (Å²) >= 11 is 0. The zero-order chi connectivity index (χ0) is 14.8. The van der Waals surface area contributed by atoms with E-state index in [0.29, 0.717) is 24.1 Å². The van der Waals surface area contributed by atoms with E-state index in [1.807, 2.05) is 17.7 Å². The third kappa shape index (κ3) is 2.79. The van der Waals surface area contributed by atoms with E-state index in [1.54, 1.807) is 30.4 Å². The molecular formula is C15H19N5O. The molecule has 0 bridgehead atoms. The van der Waals surface area contributed by atoms with E-state index >= 15 is 0 Å². The Kier molecular flexibility index (Phi) is 3.68. The topological polar surface area (TPSA) is 63.9 Å². The van der Waals surface area contributed by atoms with Crippen LogP contribution in [0.25, 0.3) is 0 Å². The number of amides is 1. The van der Waals surface area contributed by atoms with Crippen molar-refractivity contribution in [3.63, 3.8) is 0 Å². The molecule has 2 heterocycles. The Bertz CT molecular complexity index is 633. The second kappa shape index (κ2) is 5.63. The van der Waals surface area contributed by atoms with Gasteiger partial charge >= 0.3 is 0 Å². The Morgan fingerprint density at radius 2 is 2.10 bits per heavy atom. The average Bonchev–Trinajstić information content (AvgIpc) is 2.78. The molecule has 0 atom stereocenters. The molecule has 0 aromatic carbocycles. The second-order valence-corrected chi connectivity index (χ2v) is 5.53. The first kappa shape index (κ1) is 13.7. The molecule has 0 unspecified atom stereocenters. The highest BCUT2D eigenvalue weighted by atomic mass is 16.2. The van der Waals surface area contributed by atoms with Gasteiger partial charge in [0.2, 0.25) is 0 Å². The van der Waals surface area contributed by atoms with E-state index < -0.39 is 0 Å². The van der Waals surface area contributed by atoms with Crippen molar-refractivity contribution in [2.24, 2.45) is 0 Å². The minimum absolute atomic E-state index is 0.0325. The van der Waals surface area contributed by atoms with Crippen LogP contribution >= 0.6 is 0 Å². The number of aryl methyl sites for hydroxylation is 1. The zero-order valence-corrected chi connectivity index (χ0v) is 12.4. The Hall–Kier alpha value is -2.24. The maximum Gasteiger partial charge on any atom is 0.272 e. The molecule has 0 aliphatic heterocycles. The molecule has 6 nitrogen and oxygen atoms in total. The van der Waals surface area contributed by atoms with Crippen LogP contribution in [0.5, 0.6) is 0 Å². The van der Waals surface area contributed by atoms with E-state index in [9.17, 15) is 4.79 Å². The van der Waals surface area contributed by atoms with Gasteiger partial charge in [-0.25, -0.2) is 9.97 Å². The lowest BCUT2D eigenvalue weighted by Gasteiger charge is -2.28. The molecule has 0 saturated heterocycles. The van der Waals surface area contributed by atoms with Crippen molar-refractivity contribution in [1.29, 1.82) is 0 Å². The van der Waals surface area contributed by atoms with Crippen LogP contribution in [-0.2, 0) is 6.54 Å². The standard InChI is InChI=1S/C15H19N5O/c1-11-9-13(20(18-11)12-5-3-6-12)15(21)19(2)10-14-16-7-4-8-17-14/h4,7-9,12H,3,5-6,10H2,1-2H3. The molecule has 21 heavy (non-hydrogen) atoms. The lowest BCUT2D eigenvalue weighted by molar-refractivity contribution is 0.0761. The number of aromatic nitrogens is 4. The Morgan fingerprint density at radius 3 is 2.71 bits per heavy atom. The van der Waals surface area contributed by atoms with Gasteiger partial charge in [0.05, 0.1) is 18.3 Å². The molecule has 1 saturated carbocycles. The van der Waals surface area contributed by atoms with Crippen molar-refractivity contribution in [3.05, 3.63) is 41.7 Å². The Morgan fingerprint density at radius 1 is 1.38 bits per heavy atom. The normalized spacial score (nSPS) is 14.8. The van der Waals surface area contributed by atoms with Gasteiger partial charge in [-0.05, 0) is 38.3 Å². The van der Waals surface area contributed by atoms with Crippen molar-refractivity contribution in [3.8, 4) is 0 Å². The monoisotopic (exact) mass is 285 g/mol. The minimum Gasteiger partial charge on any atom is -0.333 e. The summed E-state index contributed by atoms with van der Waals surface area (Å²) in [7, 11) is 1.77. The van der Waals surface area contributed by atoms with E-state index in [0.717, 1.165) is 18.5 Å². The SMILES string of the molecule is Cc1cc(C(=O)N(C)Cc2ncccn2)n(C2CCC2)n1. The van der Waals surface area contributed by atoms with Gasteiger partial charge in [-0.2, -0.15) is 5.10 Å². The maximum absolute atomic E-state index is 12.6. The lowest BCUT2D eigenvalue weighted by Crippen LogP contribution is -2.31. The minimum atomic E-state index is -0.0325. The van der Waals surface area contributed by atoms with Crippen LogP contribution in [-0.4, -0.2) is 37.6 Å². The van der Waals surface area contributed by atoms with Crippen molar-refractivity contribution in [2.45, 2.75) is 38.8 Å². The van der Waals surface area contributed by atoms with Gasteiger partial charge in [0.25, 0.3) is 5.91 Å². The molecule has 2 aromatic rings. The van der Waals surface area contributed by atoms with Gasteiger partial charge in [0.15, 0.2) is 0 Å². The molecule has 6 heteroatoms. The molecule has 110 valence electrons. The number of rotatable bonds is 4. The third-order valence-corrected chi connectivity index (χ3v) is 3.84. The number of carbonyl (C=O) groups is 1. The van der Waals surface area contributed by atoms with Gasteiger partial charge in [-0.3, -0.25) is 9.48 Å². The predicted molar refractivity (Wildman–Crippen MR) is 77.7 cm³/mol. The molecule has 1 aliphatic rings. The van der Waals surface area contributed by atoms with E-state index in [2.05, 4.69) is 15.1 Å². The smallest absolute Gasteiger partial charge is 0.272 e. The molecule has 0 spiro atoms. The largest absolute Gasteiger partial charge is 0.333 e. The molecule has 1 amide bonds. The summed E-state index contributed by atoms with van der Waals surface area (Å²) in [6.07, 6.45) is 6.79. The first-order valence-corrected chi connectivity index (χ1v) is 7.22. The van der Waals surface area contributed by atoms with Crippen LogP contribution in [0.1, 0.15) is 47.3 Å². The molecule has 0 N–H and O–H groups in total. The van der Waals surface area contributed by atoms with Crippen molar-refractivity contribution in [2.75, 3.05) is 7.05 Å². The fourth-order valence-electron chi connectivity index (χ4n) is 2.48. The van der Waals surface area contributed by atoms with Gasteiger partial charge in [0.1, 0.15) is 11.5 Å². The van der Waals surface area contributed by atoms with Crippen LogP contribution in [0.4, 0.5) is 0 Å². The summed E-state index contributed by atoms with van der Waals surface area (Å²) in [6.45, 7) is 2.32. The van der Waals surface area contributed by atoms with Crippen LogP contribution in [0.2, 0.25) is 0 Å². The van der Waals surface area contributed by atoms with E-state index in [4.69, 9.17) is 0 Å². The summed E-state index contributed by atoms with van der Waals surface area (Å²) in [6, 6.07) is 4.00. The van der Waals surface area contributed by atoms with Gasteiger partial charge in [0, 0.05) is 19.4 Å². The number of hydrogen-bond donors (Lipinski definition) is 0. The summed E-state index contributed by atoms with van der Waals surface area (Å²) in [5.74, 6) is 0.606. The molecule has 0 radical (unpaired) electrons. The van der Waals surface area contributed by atoms with Crippen molar-refractivity contribution < 1.29 is 4.79 Å². The van der Waals surface area contributed by atoms with Crippen LogP contribution in [0.3, 0.4) is 0 Å². The van der Waals surface area contributed by atoms with Crippen molar-refractivity contribution in [1.82, 2.24) is 24.6 Å². The number of carbonyl (C=O) groups excluding carboxylic acids is 1. The summed E-state index contributed by atoms with van der Waals surface area (Å²) in [5, 5.41) is 4.48. The molecule has 1 aliphatic carbocycles. The predicted octanol–water partition coefficient (Wildman–Crippen LogP) is 1.98. The second-order valence-electron chi connectivity index (χ2n) is 5.53.